The summed E-state index contributed by atoms with van der Waals surface area (Å²) in [6.07, 6.45) is 10.2. The highest BCUT2D eigenvalue weighted by molar-refractivity contribution is 5.73. The number of aryl methyl sites for hydroxylation is 1. The van der Waals surface area contributed by atoms with Gasteiger partial charge in [-0.15, -0.1) is 0 Å². The number of nitrogens with zero attached hydrogens (tertiary/aromatic N) is 3. The zero-order valence-corrected chi connectivity index (χ0v) is 20.1. The number of benzene rings is 1. The zero-order valence-electron chi connectivity index (χ0n) is 20.1. The number of halogens is 1. The summed E-state index contributed by atoms with van der Waals surface area (Å²) >= 11 is 0. The Hall–Kier alpha value is -3.45. The summed E-state index contributed by atoms with van der Waals surface area (Å²) in [6.45, 7) is 6.26. The molecule has 0 spiro atoms. The highest BCUT2D eigenvalue weighted by Gasteiger charge is 2.24. The van der Waals surface area contributed by atoms with Crippen molar-refractivity contribution >= 4 is 12.0 Å². The van der Waals surface area contributed by atoms with Crippen molar-refractivity contribution in [1.82, 2.24) is 15.0 Å². The fourth-order valence-electron chi connectivity index (χ4n) is 4.22. The Kier molecular flexibility index (Phi) is 8.60. The smallest absolute Gasteiger partial charge is 0.168 e. The van der Waals surface area contributed by atoms with Crippen LogP contribution in [0.4, 0.5) is 10.1 Å². The van der Waals surface area contributed by atoms with Gasteiger partial charge in [0.15, 0.2) is 12.1 Å². The van der Waals surface area contributed by atoms with Crippen molar-refractivity contribution in [3.63, 3.8) is 0 Å². The van der Waals surface area contributed by atoms with Crippen LogP contribution < -0.4 is 11.1 Å². The lowest BCUT2D eigenvalue weighted by Crippen LogP contribution is -2.26. The zero-order chi connectivity index (χ0) is 24.7. The van der Waals surface area contributed by atoms with Crippen LogP contribution >= 0.6 is 0 Å². The predicted octanol–water partition coefficient (Wildman–Crippen LogP) is 5.31. The number of aldehydes is 1. The van der Waals surface area contributed by atoms with Gasteiger partial charge < -0.3 is 11.1 Å². The number of nitrogens with two attached hydrogens (primary N) is 1. The van der Waals surface area contributed by atoms with Crippen molar-refractivity contribution in [2.45, 2.75) is 45.6 Å². The second kappa shape index (κ2) is 11.6. The van der Waals surface area contributed by atoms with Crippen molar-refractivity contribution < 1.29 is 9.18 Å². The van der Waals surface area contributed by atoms with E-state index in [1.54, 1.807) is 19.1 Å². The lowest BCUT2D eigenvalue weighted by Gasteiger charge is -2.29. The minimum Gasteiger partial charge on any atom is -0.387 e. The normalized spacial score (nSPS) is 17.4. The van der Waals surface area contributed by atoms with Gasteiger partial charge in [0, 0.05) is 25.5 Å². The van der Waals surface area contributed by atoms with Crippen molar-refractivity contribution in [3.05, 3.63) is 83.2 Å². The minimum atomic E-state index is -0.386. The Morgan fingerprint density at radius 3 is 2.68 bits per heavy atom. The SMILES string of the molecule is CNc1cnccc1C1CC(C(C)C)=CC(N)C1.Cc1cccc(F)c1-c1nccc(C=O)n1. The van der Waals surface area contributed by atoms with Crippen molar-refractivity contribution in [1.29, 1.82) is 0 Å². The minimum absolute atomic E-state index is 0.180. The third-order valence-corrected chi connectivity index (χ3v) is 6.02. The van der Waals surface area contributed by atoms with Gasteiger partial charge in [-0.1, -0.05) is 37.6 Å². The van der Waals surface area contributed by atoms with Crippen LogP contribution in [0.2, 0.25) is 0 Å². The number of allylic oxidation sites excluding steroid dienone is 1. The Morgan fingerprint density at radius 1 is 1.21 bits per heavy atom. The summed E-state index contributed by atoms with van der Waals surface area (Å²) in [7, 11) is 1.95. The van der Waals surface area contributed by atoms with Crippen LogP contribution in [0.15, 0.2) is 60.6 Å². The number of hydrogen-bond donors (Lipinski definition) is 2. The summed E-state index contributed by atoms with van der Waals surface area (Å²) in [6, 6.07) is 8.52. The quantitative estimate of drug-likeness (QED) is 0.395. The molecule has 1 aromatic carbocycles. The van der Waals surface area contributed by atoms with Gasteiger partial charge in [-0.25, -0.2) is 14.4 Å². The molecule has 7 heteroatoms. The number of carbonyl (C=O) groups excluding carboxylic acids is 1. The molecule has 2 unspecified atom stereocenters. The van der Waals surface area contributed by atoms with Gasteiger partial charge in [0.05, 0.1) is 17.4 Å². The molecule has 34 heavy (non-hydrogen) atoms. The van der Waals surface area contributed by atoms with Gasteiger partial charge in [-0.2, -0.15) is 0 Å². The molecule has 0 fully saturated rings. The highest BCUT2D eigenvalue weighted by Crippen LogP contribution is 2.37. The molecule has 6 nitrogen and oxygen atoms in total. The maximum absolute atomic E-state index is 13.6. The molecule has 3 aromatic rings. The van der Waals surface area contributed by atoms with Crippen molar-refractivity contribution in [2.24, 2.45) is 11.7 Å². The first kappa shape index (κ1) is 25.2. The summed E-state index contributed by atoms with van der Waals surface area (Å²) < 4.78 is 13.6. The maximum atomic E-state index is 13.6. The molecule has 4 rings (SSSR count). The number of nitrogens with one attached hydrogen (secondary N) is 1. The molecule has 2 heterocycles. The number of pyridine rings is 1. The molecular formula is C27H32FN5O. The lowest BCUT2D eigenvalue weighted by molar-refractivity contribution is 0.111. The number of hydrogen-bond acceptors (Lipinski definition) is 6. The molecule has 0 bridgehead atoms. The number of aromatic nitrogens is 3. The average molecular weight is 462 g/mol. The molecule has 178 valence electrons. The average Bonchev–Trinajstić information content (AvgIpc) is 2.84. The molecule has 0 radical (unpaired) electrons. The summed E-state index contributed by atoms with van der Waals surface area (Å²) in [5.74, 6) is 0.940. The second-order valence-electron chi connectivity index (χ2n) is 8.76. The van der Waals surface area contributed by atoms with Crippen LogP contribution in [-0.2, 0) is 0 Å². The molecule has 1 aliphatic rings. The fourth-order valence-corrected chi connectivity index (χ4v) is 4.22. The fraction of sp³-hybridized carbons (Fsp3) is 0.333. The topological polar surface area (TPSA) is 93.8 Å². The molecule has 0 saturated heterocycles. The number of carbonyl (C=O) groups is 1. The van der Waals surface area contributed by atoms with E-state index < -0.39 is 0 Å². The first-order valence-electron chi connectivity index (χ1n) is 11.5. The van der Waals surface area contributed by atoms with Gasteiger partial charge in [-0.3, -0.25) is 9.78 Å². The van der Waals surface area contributed by atoms with Gasteiger partial charge in [0.2, 0.25) is 0 Å². The van der Waals surface area contributed by atoms with Crippen LogP contribution in [0.1, 0.15) is 54.2 Å². The number of anilines is 1. The third-order valence-electron chi connectivity index (χ3n) is 6.02. The first-order valence-corrected chi connectivity index (χ1v) is 11.5. The van der Waals surface area contributed by atoms with E-state index in [0.29, 0.717) is 23.7 Å². The monoisotopic (exact) mass is 461 g/mol. The first-order chi connectivity index (χ1) is 16.3. The predicted molar refractivity (Wildman–Crippen MR) is 134 cm³/mol. The standard InChI is InChI=1S/C15H23N3.C12H9FN2O/c1-10(2)11-6-12(8-13(16)7-11)14-4-5-18-9-15(14)17-3;1-8-3-2-4-10(13)11(8)12-14-6-5-9(7-16)15-12/h4-5,7,9-10,12-13,17H,6,8,16H2,1-3H3;2-7H,1H3. The van der Waals surface area contributed by atoms with E-state index in [-0.39, 0.29) is 23.4 Å². The van der Waals surface area contributed by atoms with Crippen LogP contribution in [0.3, 0.4) is 0 Å². The molecular weight excluding hydrogens is 429 g/mol. The van der Waals surface area contributed by atoms with Crippen LogP contribution in [0.25, 0.3) is 11.4 Å². The molecule has 2 atom stereocenters. The molecule has 3 N–H and O–H groups in total. The number of rotatable bonds is 5. The van der Waals surface area contributed by atoms with E-state index in [0.717, 1.165) is 24.1 Å². The van der Waals surface area contributed by atoms with Gasteiger partial charge in [0.25, 0.3) is 0 Å². The van der Waals surface area contributed by atoms with Crippen LogP contribution in [0, 0.1) is 18.7 Å². The summed E-state index contributed by atoms with van der Waals surface area (Å²) in [5.41, 5.74) is 11.4. The van der Waals surface area contributed by atoms with E-state index >= 15 is 0 Å². The summed E-state index contributed by atoms with van der Waals surface area (Å²) in [5, 5.41) is 3.23. The van der Waals surface area contributed by atoms with Crippen LogP contribution in [-0.4, -0.2) is 34.3 Å². The van der Waals surface area contributed by atoms with E-state index in [1.165, 1.54) is 29.5 Å². The van der Waals surface area contributed by atoms with E-state index in [2.05, 4.69) is 46.3 Å². The Bertz CT molecular complexity index is 1140. The molecule has 0 amide bonds. The third kappa shape index (κ3) is 6.11. The van der Waals surface area contributed by atoms with E-state index in [1.807, 2.05) is 19.4 Å². The lowest BCUT2D eigenvalue weighted by atomic mass is 9.78. The van der Waals surface area contributed by atoms with Crippen molar-refractivity contribution in [2.75, 3.05) is 12.4 Å². The van der Waals surface area contributed by atoms with Gasteiger partial charge in [-0.05, 0) is 60.9 Å². The van der Waals surface area contributed by atoms with Crippen LogP contribution in [0.5, 0.6) is 0 Å². The Labute approximate surface area is 200 Å². The molecule has 0 saturated carbocycles. The largest absolute Gasteiger partial charge is 0.387 e. The van der Waals surface area contributed by atoms with Crippen molar-refractivity contribution in [3.8, 4) is 11.4 Å². The second-order valence-corrected chi connectivity index (χ2v) is 8.76. The molecule has 1 aliphatic carbocycles. The van der Waals surface area contributed by atoms with Gasteiger partial charge >= 0.3 is 0 Å². The molecule has 0 aliphatic heterocycles. The Morgan fingerprint density at radius 2 is 2.00 bits per heavy atom. The molecule has 2 aromatic heterocycles. The maximum Gasteiger partial charge on any atom is 0.168 e. The Balaban J connectivity index is 0.000000192. The summed E-state index contributed by atoms with van der Waals surface area (Å²) in [4.78, 5) is 22.7. The van der Waals surface area contributed by atoms with E-state index in [4.69, 9.17) is 5.73 Å². The highest BCUT2D eigenvalue weighted by atomic mass is 19.1. The van der Waals surface area contributed by atoms with E-state index in [9.17, 15) is 9.18 Å². The van der Waals surface area contributed by atoms with Gasteiger partial charge in [0.1, 0.15) is 11.5 Å².